The van der Waals surface area contributed by atoms with Gasteiger partial charge in [0.05, 0.1) is 6.10 Å². The standard InChI is InChI=1S/C13H18BrNO/c1-10(2)16-13-6-4-5-12(7-13)9-15-8-11(3)14/h4-7,10,15H,3,8-9H2,1-2H3. The monoisotopic (exact) mass is 283 g/mol. The molecular weight excluding hydrogens is 266 g/mol. The van der Waals surface area contributed by atoms with Gasteiger partial charge in [-0.3, -0.25) is 0 Å². The fourth-order valence-corrected chi connectivity index (χ4v) is 1.54. The summed E-state index contributed by atoms with van der Waals surface area (Å²) < 4.78 is 6.59. The maximum Gasteiger partial charge on any atom is 0.120 e. The lowest BCUT2D eigenvalue weighted by Gasteiger charge is -2.11. The number of rotatable bonds is 6. The minimum Gasteiger partial charge on any atom is -0.491 e. The molecule has 0 aliphatic rings. The molecule has 0 aliphatic carbocycles. The predicted molar refractivity (Wildman–Crippen MR) is 72.0 cm³/mol. The molecule has 1 N–H and O–H groups in total. The van der Waals surface area contributed by atoms with Gasteiger partial charge in [0, 0.05) is 17.6 Å². The highest BCUT2D eigenvalue weighted by molar-refractivity contribution is 9.11. The van der Waals surface area contributed by atoms with Crippen molar-refractivity contribution in [2.24, 2.45) is 0 Å². The van der Waals surface area contributed by atoms with Crippen molar-refractivity contribution in [3.05, 3.63) is 40.9 Å². The molecule has 0 atom stereocenters. The summed E-state index contributed by atoms with van der Waals surface area (Å²) in [5.74, 6) is 0.923. The zero-order chi connectivity index (χ0) is 12.0. The number of ether oxygens (including phenoxy) is 1. The van der Waals surface area contributed by atoms with Crippen LogP contribution in [0.4, 0.5) is 0 Å². The Hall–Kier alpha value is -0.800. The maximum absolute atomic E-state index is 5.63. The van der Waals surface area contributed by atoms with Gasteiger partial charge in [-0.25, -0.2) is 0 Å². The number of hydrogen-bond donors (Lipinski definition) is 1. The number of nitrogens with one attached hydrogen (secondary N) is 1. The Bertz CT molecular complexity index is 350. The third-order valence-electron chi connectivity index (χ3n) is 1.92. The second-order valence-electron chi connectivity index (χ2n) is 3.93. The fourth-order valence-electron chi connectivity index (χ4n) is 1.34. The summed E-state index contributed by atoms with van der Waals surface area (Å²) in [6, 6.07) is 8.13. The van der Waals surface area contributed by atoms with Crippen molar-refractivity contribution in [1.29, 1.82) is 0 Å². The molecule has 3 heteroatoms. The molecule has 16 heavy (non-hydrogen) atoms. The molecular formula is C13H18BrNO. The van der Waals surface area contributed by atoms with E-state index in [1.165, 1.54) is 5.56 Å². The summed E-state index contributed by atoms with van der Waals surface area (Å²) in [4.78, 5) is 0. The third kappa shape index (κ3) is 5.33. The molecule has 2 nitrogen and oxygen atoms in total. The smallest absolute Gasteiger partial charge is 0.120 e. The Morgan fingerprint density at radius 2 is 2.25 bits per heavy atom. The van der Waals surface area contributed by atoms with E-state index in [1.807, 2.05) is 26.0 Å². The van der Waals surface area contributed by atoms with Crippen molar-refractivity contribution in [1.82, 2.24) is 5.32 Å². The van der Waals surface area contributed by atoms with Gasteiger partial charge in [0.1, 0.15) is 5.75 Å². The second-order valence-corrected chi connectivity index (χ2v) is 5.06. The summed E-state index contributed by atoms with van der Waals surface area (Å²) in [6.45, 7) is 9.42. The molecule has 0 aromatic heterocycles. The van der Waals surface area contributed by atoms with Crippen LogP contribution in [0.2, 0.25) is 0 Å². The minimum atomic E-state index is 0.213. The lowest BCUT2D eigenvalue weighted by molar-refractivity contribution is 0.242. The lowest BCUT2D eigenvalue weighted by atomic mass is 10.2. The Morgan fingerprint density at radius 3 is 2.88 bits per heavy atom. The van der Waals surface area contributed by atoms with Crippen molar-refractivity contribution in [2.75, 3.05) is 6.54 Å². The molecule has 0 saturated carbocycles. The highest BCUT2D eigenvalue weighted by Crippen LogP contribution is 2.14. The van der Waals surface area contributed by atoms with Crippen LogP contribution in [0.3, 0.4) is 0 Å². The van der Waals surface area contributed by atoms with Crippen LogP contribution < -0.4 is 10.1 Å². The minimum absolute atomic E-state index is 0.213. The average Bonchev–Trinajstić information content (AvgIpc) is 2.16. The zero-order valence-electron chi connectivity index (χ0n) is 9.79. The first-order valence-corrected chi connectivity index (χ1v) is 6.17. The van der Waals surface area contributed by atoms with Crippen LogP contribution in [0.1, 0.15) is 19.4 Å². The van der Waals surface area contributed by atoms with Gasteiger partial charge in [-0.05, 0) is 31.5 Å². The molecule has 0 saturated heterocycles. The largest absolute Gasteiger partial charge is 0.491 e. The molecule has 1 aromatic rings. The summed E-state index contributed by atoms with van der Waals surface area (Å²) >= 11 is 3.31. The zero-order valence-corrected chi connectivity index (χ0v) is 11.4. The third-order valence-corrected chi connectivity index (χ3v) is 2.20. The van der Waals surface area contributed by atoms with E-state index in [9.17, 15) is 0 Å². The van der Waals surface area contributed by atoms with Crippen LogP contribution in [0.25, 0.3) is 0 Å². The Balaban J connectivity index is 2.50. The van der Waals surface area contributed by atoms with Crippen molar-refractivity contribution >= 4 is 15.9 Å². The van der Waals surface area contributed by atoms with Crippen molar-refractivity contribution in [3.8, 4) is 5.75 Å². The van der Waals surface area contributed by atoms with Gasteiger partial charge >= 0.3 is 0 Å². The van der Waals surface area contributed by atoms with E-state index in [4.69, 9.17) is 4.74 Å². The molecule has 0 aliphatic heterocycles. The first-order valence-electron chi connectivity index (χ1n) is 5.37. The lowest BCUT2D eigenvalue weighted by Crippen LogP contribution is -2.14. The Kier molecular flexibility index (Phi) is 5.56. The van der Waals surface area contributed by atoms with E-state index in [2.05, 4.69) is 40.0 Å². The summed E-state index contributed by atoms with van der Waals surface area (Å²) in [6.07, 6.45) is 0.213. The average molecular weight is 284 g/mol. The Morgan fingerprint density at radius 1 is 1.50 bits per heavy atom. The fraction of sp³-hybridized carbons (Fsp3) is 0.385. The summed E-state index contributed by atoms with van der Waals surface area (Å²) in [7, 11) is 0. The SMILES string of the molecule is C=C(Br)CNCc1cccc(OC(C)C)c1. The highest BCUT2D eigenvalue weighted by Gasteiger charge is 1.99. The molecule has 1 aromatic carbocycles. The number of benzene rings is 1. The molecule has 0 amide bonds. The maximum atomic E-state index is 5.63. The number of hydrogen-bond acceptors (Lipinski definition) is 2. The van der Waals surface area contributed by atoms with E-state index in [0.717, 1.165) is 23.3 Å². The van der Waals surface area contributed by atoms with Crippen molar-refractivity contribution < 1.29 is 4.74 Å². The number of halogens is 1. The van der Waals surface area contributed by atoms with Crippen LogP contribution in [-0.4, -0.2) is 12.6 Å². The van der Waals surface area contributed by atoms with E-state index in [-0.39, 0.29) is 6.10 Å². The molecule has 0 spiro atoms. The van der Waals surface area contributed by atoms with Gasteiger partial charge in [0.25, 0.3) is 0 Å². The van der Waals surface area contributed by atoms with E-state index >= 15 is 0 Å². The molecule has 0 bridgehead atoms. The van der Waals surface area contributed by atoms with Gasteiger partial charge in [-0.15, -0.1) is 0 Å². The van der Waals surface area contributed by atoms with Crippen molar-refractivity contribution in [2.45, 2.75) is 26.5 Å². The highest BCUT2D eigenvalue weighted by atomic mass is 79.9. The first kappa shape index (κ1) is 13.3. The van der Waals surface area contributed by atoms with Crippen molar-refractivity contribution in [3.63, 3.8) is 0 Å². The predicted octanol–water partition coefficient (Wildman–Crippen LogP) is 3.47. The van der Waals surface area contributed by atoms with Crippen LogP contribution in [0, 0.1) is 0 Å². The molecule has 0 fully saturated rings. The summed E-state index contributed by atoms with van der Waals surface area (Å²) in [5.41, 5.74) is 1.21. The van der Waals surface area contributed by atoms with Gasteiger partial charge in [0.15, 0.2) is 0 Å². The Labute approximate surface area is 106 Å². The van der Waals surface area contributed by atoms with Gasteiger partial charge < -0.3 is 10.1 Å². The molecule has 0 radical (unpaired) electrons. The molecule has 0 heterocycles. The quantitative estimate of drug-likeness (QED) is 0.863. The van der Waals surface area contributed by atoms with Crippen LogP contribution in [-0.2, 0) is 6.54 Å². The van der Waals surface area contributed by atoms with E-state index in [1.54, 1.807) is 0 Å². The van der Waals surface area contributed by atoms with Crippen LogP contribution in [0.15, 0.2) is 35.3 Å². The summed E-state index contributed by atoms with van der Waals surface area (Å²) in [5, 5.41) is 3.28. The normalized spacial score (nSPS) is 10.5. The van der Waals surface area contributed by atoms with Gasteiger partial charge in [-0.2, -0.15) is 0 Å². The topological polar surface area (TPSA) is 21.3 Å². The second kappa shape index (κ2) is 6.71. The van der Waals surface area contributed by atoms with Gasteiger partial charge in [0.2, 0.25) is 0 Å². The van der Waals surface area contributed by atoms with Gasteiger partial charge in [-0.1, -0.05) is 34.6 Å². The van der Waals surface area contributed by atoms with Crippen LogP contribution in [0.5, 0.6) is 5.75 Å². The van der Waals surface area contributed by atoms with E-state index < -0.39 is 0 Å². The van der Waals surface area contributed by atoms with Crippen LogP contribution >= 0.6 is 15.9 Å². The first-order chi connectivity index (χ1) is 7.58. The molecule has 1 rings (SSSR count). The molecule has 0 unspecified atom stereocenters. The van der Waals surface area contributed by atoms with E-state index in [0.29, 0.717) is 0 Å². The molecule has 88 valence electrons.